The number of nitrogens with one attached hydrogen (secondary N) is 1. The van der Waals surface area contributed by atoms with E-state index >= 15 is 0 Å². The van der Waals surface area contributed by atoms with E-state index in [1.807, 2.05) is 0 Å². The Labute approximate surface area is 106 Å². The van der Waals surface area contributed by atoms with Crippen molar-refractivity contribution in [3.63, 3.8) is 0 Å². The summed E-state index contributed by atoms with van der Waals surface area (Å²) in [6.07, 6.45) is -4.68. The first-order valence-electron chi connectivity index (χ1n) is 5.68. The van der Waals surface area contributed by atoms with Crippen LogP contribution in [0.5, 0.6) is 0 Å². The zero-order valence-electron chi connectivity index (χ0n) is 9.67. The van der Waals surface area contributed by atoms with E-state index in [0.29, 0.717) is 5.52 Å². The van der Waals surface area contributed by atoms with E-state index in [1.54, 1.807) is 0 Å². The van der Waals surface area contributed by atoms with Gasteiger partial charge in [-0.25, -0.2) is 0 Å². The van der Waals surface area contributed by atoms with Crippen LogP contribution in [0.25, 0.3) is 11.2 Å². The Morgan fingerprint density at radius 3 is 2.79 bits per heavy atom. The summed E-state index contributed by atoms with van der Waals surface area (Å²) in [5.74, 6) is 0. The maximum atomic E-state index is 11.9. The summed E-state index contributed by atoms with van der Waals surface area (Å²) in [6, 6.07) is 2.75. The molecule has 19 heavy (non-hydrogen) atoms. The first-order valence-corrected chi connectivity index (χ1v) is 5.68. The second kappa shape index (κ2) is 4.38. The van der Waals surface area contributed by atoms with Crippen LogP contribution in [0, 0.1) is 0 Å². The van der Waals surface area contributed by atoms with Gasteiger partial charge in [-0.3, -0.25) is 9.36 Å². The van der Waals surface area contributed by atoms with E-state index in [2.05, 4.69) is 15.4 Å². The van der Waals surface area contributed by atoms with Gasteiger partial charge in [0.2, 0.25) is 0 Å². The van der Waals surface area contributed by atoms with Crippen LogP contribution in [0.3, 0.4) is 0 Å². The van der Waals surface area contributed by atoms with Gasteiger partial charge in [0.15, 0.2) is 11.9 Å². The number of hydrogen-bond donors (Lipinski definition) is 4. The number of H-pyrrole nitrogens is 1. The minimum Gasteiger partial charge on any atom is -0.394 e. The van der Waals surface area contributed by atoms with E-state index in [-0.39, 0.29) is 5.65 Å². The summed E-state index contributed by atoms with van der Waals surface area (Å²) in [5, 5.41) is 38.7. The fourth-order valence-corrected chi connectivity index (χ4v) is 2.20. The lowest BCUT2D eigenvalue weighted by molar-refractivity contribution is -0.0524. The molecule has 1 saturated heterocycles. The summed E-state index contributed by atoms with van der Waals surface area (Å²) in [7, 11) is 0. The number of aromatic amines is 1. The van der Waals surface area contributed by atoms with Gasteiger partial charge in [0, 0.05) is 6.07 Å². The highest BCUT2D eigenvalue weighted by molar-refractivity contribution is 5.69. The minimum absolute atomic E-state index is 0.210. The Balaban J connectivity index is 2.12. The SMILES string of the molecule is O=c1ccc2n[nH]nc2n1[C@@H]1O[C@@H](CO)[C@@H](O)[C@@H]1O. The molecule has 0 aliphatic carbocycles. The van der Waals surface area contributed by atoms with E-state index in [1.165, 1.54) is 12.1 Å². The average Bonchev–Trinajstić information content (AvgIpc) is 2.97. The maximum Gasteiger partial charge on any atom is 0.254 e. The Kier molecular flexibility index (Phi) is 2.82. The van der Waals surface area contributed by atoms with Gasteiger partial charge < -0.3 is 20.1 Å². The molecule has 0 aromatic carbocycles. The molecule has 9 heteroatoms. The molecule has 4 atom stereocenters. The topological polar surface area (TPSA) is 133 Å². The Hall–Kier alpha value is -1.81. The first kappa shape index (κ1) is 12.2. The van der Waals surface area contributed by atoms with Crippen molar-refractivity contribution in [1.29, 1.82) is 0 Å². The molecule has 102 valence electrons. The summed E-state index contributed by atoms with van der Waals surface area (Å²) in [5.41, 5.74) is 0.191. The molecule has 1 aliphatic rings. The molecule has 3 heterocycles. The lowest BCUT2D eigenvalue weighted by Crippen LogP contribution is -2.35. The van der Waals surface area contributed by atoms with Gasteiger partial charge in [0.1, 0.15) is 23.8 Å². The zero-order valence-corrected chi connectivity index (χ0v) is 9.67. The van der Waals surface area contributed by atoms with Crippen LogP contribution in [0.15, 0.2) is 16.9 Å². The number of aromatic nitrogens is 4. The molecule has 0 amide bonds. The predicted molar refractivity (Wildman–Crippen MR) is 61.2 cm³/mol. The van der Waals surface area contributed by atoms with Gasteiger partial charge in [-0.05, 0) is 6.07 Å². The van der Waals surface area contributed by atoms with E-state index in [9.17, 15) is 15.0 Å². The lowest BCUT2D eigenvalue weighted by Gasteiger charge is -2.17. The van der Waals surface area contributed by atoms with Crippen LogP contribution in [0.4, 0.5) is 0 Å². The maximum absolute atomic E-state index is 11.9. The molecule has 4 N–H and O–H groups in total. The van der Waals surface area contributed by atoms with Crippen molar-refractivity contribution in [1.82, 2.24) is 20.0 Å². The van der Waals surface area contributed by atoms with Gasteiger partial charge in [-0.1, -0.05) is 0 Å². The number of aliphatic hydroxyl groups is 3. The highest BCUT2D eigenvalue weighted by atomic mass is 16.6. The summed E-state index contributed by atoms with van der Waals surface area (Å²) < 4.78 is 6.41. The van der Waals surface area contributed by atoms with Crippen LogP contribution in [0.1, 0.15) is 6.23 Å². The molecular weight excluding hydrogens is 256 g/mol. The lowest BCUT2D eigenvalue weighted by atomic mass is 10.1. The smallest absolute Gasteiger partial charge is 0.254 e. The van der Waals surface area contributed by atoms with Gasteiger partial charge >= 0.3 is 0 Å². The molecular formula is C10H12N4O5. The normalized spacial score (nSPS) is 31.1. The second-order valence-electron chi connectivity index (χ2n) is 4.30. The van der Waals surface area contributed by atoms with Gasteiger partial charge in [0.25, 0.3) is 5.56 Å². The summed E-state index contributed by atoms with van der Waals surface area (Å²) in [4.78, 5) is 11.9. The van der Waals surface area contributed by atoms with Crippen LogP contribution >= 0.6 is 0 Å². The fraction of sp³-hybridized carbons (Fsp3) is 0.500. The average molecular weight is 268 g/mol. The number of rotatable bonds is 2. The Morgan fingerprint density at radius 1 is 1.32 bits per heavy atom. The molecule has 9 nitrogen and oxygen atoms in total. The van der Waals surface area contributed by atoms with Crippen molar-refractivity contribution in [3.05, 3.63) is 22.5 Å². The van der Waals surface area contributed by atoms with E-state index < -0.39 is 36.7 Å². The summed E-state index contributed by atoms with van der Waals surface area (Å²) >= 11 is 0. The molecule has 3 rings (SSSR count). The van der Waals surface area contributed by atoms with Crippen molar-refractivity contribution in [2.24, 2.45) is 0 Å². The molecule has 1 fully saturated rings. The number of aliphatic hydroxyl groups excluding tert-OH is 3. The standard InChI is InChI=1S/C10H12N4O5/c15-3-5-7(17)8(18)10(19-5)14-6(16)2-1-4-9(14)12-13-11-4/h1-2,5,7-8,10,15,17-18H,3H2,(H,11,12,13)/t5-,7+,8-,10+/m0/s1. The third kappa shape index (κ3) is 1.75. The summed E-state index contributed by atoms with van der Waals surface area (Å²) in [6.45, 7) is -0.460. The van der Waals surface area contributed by atoms with Crippen LogP contribution < -0.4 is 5.56 Å². The number of fused-ring (bicyclic) bond motifs is 1. The molecule has 0 bridgehead atoms. The predicted octanol–water partition coefficient (Wildman–Crippen LogP) is -2.27. The van der Waals surface area contributed by atoms with Crippen molar-refractivity contribution in [3.8, 4) is 0 Å². The molecule has 2 aromatic heterocycles. The molecule has 2 aromatic rings. The van der Waals surface area contributed by atoms with Crippen molar-refractivity contribution < 1.29 is 20.1 Å². The molecule has 1 aliphatic heterocycles. The first-order chi connectivity index (χ1) is 9.13. The highest BCUT2D eigenvalue weighted by Crippen LogP contribution is 2.29. The van der Waals surface area contributed by atoms with E-state index in [0.717, 1.165) is 4.57 Å². The van der Waals surface area contributed by atoms with Gasteiger partial charge in [-0.2, -0.15) is 10.3 Å². The molecule has 0 unspecified atom stereocenters. The third-order valence-corrected chi connectivity index (χ3v) is 3.18. The molecule has 0 radical (unpaired) electrons. The zero-order chi connectivity index (χ0) is 13.6. The van der Waals surface area contributed by atoms with Crippen molar-refractivity contribution in [2.75, 3.05) is 6.61 Å². The Morgan fingerprint density at radius 2 is 2.11 bits per heavy atom. The van der Waals surface area contributed by atoms with Crippen molar-refractivity contribution in [2.45, 2.75) is 24.5 Å². The van der Waals surface area contributed by atoms with Crippen LogP contribution in [-0.4, -0.2) is 60.2 Å². The second-order valence-corrected chi connectivity index (χ2v) is 4.30. The van der Waals surface area contributed by atoms with Gasteiger partial charge in [0.05, 0.1) is 6.61 Å². The van der Waals surface area contributed by atoms with Crippen LogP contribution in [0.2, 0.25) is 0 Å². The minimum atomic E-state index is -1.34. The Bertz CT molecular complexity index is 653. The fourth-order valence-electron chi connectivity index (χ4n) is 2.20. The van der Waals surface area contributed by atoms with Crippen LogP contribution in [-0.2, 0) is 4.74 Å². The number of hydrogen-bond acceptors (Lipinski definition) is 7. The monoisotopic (exact) mass is 268 g/mol. The molecule has 0 saturated carbocycles. The van der Waals surface area contributed by atoms with Gasteiger partial charge in [-0.15, -0.1) is 5.10 Å². The number of nitrogens with zero attached hydrogens (tertiary/aromatic N) is 3. The number of pyridine rings is 1. The number of ether oxygens (including phenoxy) is 1. The molecule has 0 spiro atoms. The third-order valence-electron chi connectivity index (χ3n) is 3.18. The quantitative estimate of drug-likeness (QED) is 0.482. The van der Waals surface area contributed by atoms with E-state index in [4.69, 9.17) is 9.84 Å². The largest absolute Gasteiger partial charge is 0.394 e. The highest BCUT2D eigenvalue weighted by Gasteiger charge is 2.44. The van der Waals surface area contributed by atoms with Crippen molar-refractivity contribution >= 4 is 11.2 Å².